The number of hydrogen-bond acceptors (Lipinski definition) is 2. The van der Waals surface area contributed by atoms with E-state index in [0.29, 0.717) is 5.57 Å². The Bertz CT molecular complexity index is 161. The summed E-state index contributed by atoms with van der Waals surface area (Å²) in [6, 6.07) is 0. The van der Waals surface area contributed by atoms with Gasteiger partial charge in [-0.15, -0.1) is 0 Å². The second-order valence-corrected chi connectivity index (χ2v) is 3.14. The Kier molecular flexibility index (Phi) is 6.25. The quantitative estimate of drug-likeness (QED) is 0.331. The molecular weight excluding hydrogens is 152 g/mol. The molecule has 0 aliphatic carbocycles. The van der Waals surface area contributed by atoms with Crippen LogP contribution in [0.2, 0.25) is 0 Å². The molecule has 0 saturated carbocycles. The predicted octanol–water partition coefficient (Wildman–Crippen LogP) is 2.14. The van der Waals surface area contributed by atoms with Crippen molar-refractivity contribution in [1.29, 1.82) is 0 Å². The second-order valence-electron chi connectivity index (χ2n) is 3.14. The van der Waals surface area contributed by atoms with Gasteiger partial charge >= 0.3 is 0 Å². The number of hydrogen-bond donors (Lipinski definition) is 0. The predicted molar refractivity (Wildman–Crippen MR) is 48.9 cm³/mol. The van der Waals surface area contributed by atoms with Crippen LogP contribution in [0.4, 0.5) is 0 Å². The zero-order chi connectivity index (χ0) is 9.40. The Labute approximate surface area is 73.7 Å². The maximum atomic E-state index is 10.2. The Hall–Kier alpha value is -0.920. The molecule has 0 saturated heterocycles. The van der Waals surface area contributed by atoms with Crippen molar-refractivity contribution in [3.63, 3.8) is 0 Å². The first-order valence-corrected chi connectivity index (χ1v) is 4.29. The van der Waals surface area contributed by atoms with Gasteiger partial charge in [0, 0.05) is 5.92 Å². The van der Waals surface area contributed by atoms with Crippen LogP contribution in [0.5, 0.6) is 0 Å². The fourth-order valence-electron chi connectivity index (χ4n) is 0.945. The highest BCUT2D eigenvalue weighted by atomic mass is 16.1. The van der Waals surface area contributed by atoms with E-state index in [0.717, 1.165) is 38.3 Å². The SMILES string of the molecule is C=C(C=O)CCCCC(C)C=O. The largest absolute Gasteiger partial charge is 0.303 e. The Morgan fingerprint density at radius 2 is 2.08 bits per heavy atom. The minimum absolute atomic E-state index is 0.148. The third-order valence-corrected chi connectivity index (χ3v) is 1.81. The molecule has 0 N–H and O–H groups in total. The van der Waals surface area contributed by atoms with Gasteiger partial charge in [-0.2, -0.15) is 0 Å². The van der Waals surface area contributed by atoms with E-state index in [2.05, 4.69) is 6.58 Å². The molecule has 0 aliphatic heterocycles. The number of carbonyl (C=O) groups excluding carboxylic acids is 2. The maximum absolute atomic E-state index is 10.2. The molecule has 0 aromatic carbocycles. The second kappa shape index (κ2) is 6.77. The van der Waals surface area contributed by atoms with Crippen LogP contribution >= 0.6 is 0 Å². The summed E-state index contributed by atoms with van der Waals surface area (Å²) in [4.78, 5) is 20.3. The summed E-state index contributed by atoms with van der Waals surface area (Å²) < 4.78 is 0. The lowest BCUT2D eigenvalue weighted by Gasteiger charge is -2.01. The molecule has 12 heavy (non-hydrogen) atoms. The summed E-state index contributed by atoms with van der Waals surface area (Å²) in [6.45, 7) is 5.48. The lowest BCUT2D eigenvalue weighted by atomic mass is 10.0. The van der Waals surface area contributed by atoms with Gasteiger partial charge in [0.2, 0.25) is 0 Å². The topological polar surface area (TPSA) is 34.1 Å². The van der Waals surface area contributed by atoms with Gasteiger partial charge < -0.3 is 4.79 Å². The molecule has 0 rings (SSSR count). The Morgan fingerprint density at radius 3 is 2.58 bits per heavy atom. The minimum Gasteiger partial charge on any atom is -0.303 e. The van der Waals surface area contributed by atoms with Crippen molar-refractivity contribution >= 4 is 12.6 Å². The van der Waals surface area contributed by atoms with Crippen LogP contribution in [-0.4, -0.2) is 12.6 Å². The van der Waals surface area contributed by atoms with Crippen molar-refractivity contribution in [2.75, 3.05) is 0 Å². The van der Waals surface area contributed by atoms with E-state index in [1.54, 1.807) is 0 Å². The standard InChI is InChI=1S/C10H16O2/c1-9(7-11)5-3-4-6-10(2)8-12/h7-8,10H,1,3-6H2,2H3. The third kappa shape index (κ3) is 5.83. The molecule has 0 bridgehead atoms. The summed E-state index contributed by atoms with van der Waals surface area (Å²) in [7, 11) is 0. The van der Waals surface area contributed by atoms with E-state index in [4.69, 9.17) is 0 Å². The first-order chi connectivity index (χ1) is 5.70. The lowest BCUT2D eigenvalue weighted by Crippen LogP contribution is -1.95. The monoisotopic (exact) mass is 168 g/mol. The molecule has 2 nitrogen and oxygen atoms in total. The highest BCUT2D eigenvalue weighted by Crippen LogP contribution is 2.09. The van der Waals surface area contributed by atoms with Gasteiger partial charge in [0.25, 0.3) is 0 Å². The first-order valence-electron chi connectivity index (χ1n) is 4.29. The average Bonchev–Trinajstić information content (AvgIpc) is 2.11. The average molecular weight is 168 g/mol. The van der Waals surface area contributed by atoms with E-state index < -0.39 is 0 Å². The first kappa shape index (κ1) is 11.1. The molecule has 2 heteroatoms. The van der Waals surface area contributed by atoms with Crippen molar-refractivity contribution in [2.24, 2.45) is 5.92 Å². The van der Waals surface area contributed by atoms with Gasteiger partial charge in [-0.3, -0.25) is 4.79 Å². The Morgan fingerprint density at radius 1 is 1.42 bits per heavy atom. The molecule has 1 unspecified atom stereocenters. The van der Waals surface area contributed by atoms with Crippen molar-refractivity contribution in [1.82, 2.24) is 0 Å². The van der Waals surface area contributed by atoms with Crippen LogP contribution in [-0.2, 0) is 9.59 Å². The highest BCUT2D eigenvalue weighted by molar-refractivity contribution is 5.71. The van der Waals surface area contributed by atoms with Gasteiger partial charge in [-0.05, 0) is 24.8 Å². The van der Waals surface area contributed by atoms with Gasteiger partial charge in [0.05, 0.1) is 0 Å². The fraction of sp³-hybridized carbons (Fsp3) is 0.600. The molecule has 1 atom stereocenters. The molecule has 0 spiro atoms. The fourth-order valence-corrected chi connectivity index (χ4v) is 0.945. The van der Waals surface area contributed by atoms with Crippen LogP contribution in [0.25, 0.3) is 0 Å². The minimum atomic E-state index is 0.148. The highest BCUT2D eigenvalue weighted by Gasteiger charge is 1.99. The normalized spacial score (nSPS) is 12.1. The smallest absolute Gasteiger partial charge is 0.145 e. The van der Waals surface area contributed by atoms with E-state index in [1.807, 2.05) is 6.92 Å². The molecule has 0 amide bonds. The number of aldehydes is 2. The van der Waals surface area contributed by atoms with Crippen molar-refractivity contribution < 1.29 is 9.59 Å². The van der Waals surface area contributed by atoms with Gasteiger partial charge in [0.15, 0.2) is 0 Å². The Balaban J connectivity index is 3.26. The van der Waals surface area contributed by atoms with Crippen LogP contribution in [0.1, 0.15) is 32.6 Å². The van der Waals surface area contributed by atoms with Gasteiger partial charge in [-0.25, -0.2) is 0 Å². The zero-order valence-electron chi connectivity index (χ0n) is 7.58. The number of rotatable bonds is 7. The van der Waals surface area contributed by atoms with Crippen LogP contribution in [0, 0.1) is 5.92 Å². The van der Waals surface area contributed by atoms with E-state index in [1.165, 1.54) is 0 Å². The summed E-state index contributed by atoms with van der Waals surface area (Å²) in [5, 5.41) is 0. The zero-order valence-corrected chi connectivity index (χ0v) is 7.58. The molecule has 0 aromatic heterocycles. The van der Waals surface area contributed by atoms with Crippen molar-refractivity contribution in [2.45, 2.75) is 32.6 Å². The number of allylic oxidation sites excluding steroid dienone is 1. The van der Waals surface area contributed by atoms with Crippen LogP contribution < -0.4 is 0 Å². The van der Waals surface area contributed by atoms with Gasteiger partial charge in [-0.1, -0.05) is 19.9 Å². The molecular formula is C10H16O2. The van der Waals surface area contributed by atoms with Crippen LogP contribution in [0.3, 0.4) is 0 Å². The lowest BCUT2D eigenvalue weighted by molar-refractivity contribution is -0.110. The summed E-state index contributed by atoms with van der Waals surface area (Å²) >= 11 is 0. The molecule has 0 heterocycles. The molecule has 0 fully saturated rings. The van der Waals surface area contributed by atoms with E-state index in [-0.39, 0.29) is 5.92 Å². The van der Waals surface area contributed by atoms with Gasteiger partial charge in [0.1, 0.15) is 12.6 Å². The van der Waals surface area contributed by atoms with E-state index >= 15 is 0 Å². The molecule has 0 aromatic rings. The summed E-state index contributed by atoms with van der Waals surface area (Å²) in [5.74, 6) is 0.148. The number of unbranched alkanes of at least 4 members (excludes halogenated alkanes) is 1. The number of carbonyl (C=O) groups is 2. The summed E-state index contributed by atoms with van der Waals surface area (Å²) in [6.07, 6.45) is 5.38. The molecule has 68 valence electrons. The van der Waals surface area contributed by atoms with Crippen molar-refractivity contribution in [3.8, 4) is 0 Å². The molecule has 0 aliphatic rings. The summed E-state index contributed by atoms with van der Waals surface area (Å²) in [5.41, 5.74) is 0.647. The van der Waals surface area contributed by atoms with Crippen LogP contribution in [0.15, 0.2) is 12.2 Å². The third-order valence-electron chi connectivity index (χ3n) is 1.81. The maximum Gasteiger partial charge on any atom is 0.145 e. The van der Waals surface area contributed by atoms with E-state index in [9.17, 15) is 9.59 Å². The van der Waals surface area contributed by atoms with Crippen molar-refractivity contribution in [3.05, 3.63) is 12.2 Å². The molecule has 0 radical (unpaired) electrons.